The summed E-state index contributed by atoms with van der Waals surface area (Å²) < 4.78 is 0. The molecule has 4 N–H and O–H groups in total. The molecule has 0 aromatic carbocycles. The van der Waals surface area contributed by atoms with Crippen LogP contribution in [0.15, 0.2) is 12.2 Å². The fourth-order valence-corrected chi connectivity index (χ4v) is 10.1. The molecule has 0 aliphatic rings. The molecule has 0 fully saturated rings. The molecule has 0 radical (unpaired) electrons. The van der Waals surface area contributed by atoms with E-state index < -0.39 is 18.2 Å². The van der Waals surface area contributed by atoms with E-state index in [9.17, 15) is 20.1 Å². The molecular formula is C62H123NO4. The number of rotatable bonds is 58. The number of hydrogen-bond acceptors (Lipinski definition) is 4. The van der Waals surface area contributed by atoms with Crippen LogP contribution in [0, 0.1) is 0 Å². The van der Waals surface area contributed by atoms with Gasteiger partial charge in [0.2, 0.25) is 5.91 Å². The van der Waals surface area contributed by atoms with Crippen LogP contribution in [-0.4, -0.2) is 46.1 Å². The zero-order valence-corrected chi connectivity index (χ0v) is 45.8. The van der Waals surface area contributed by atoms with E-state index in [0.29, 0.717) is 12.8 Å². The van der Waals surface area contributed by atoms with Gasteiger partial charge in [-0.2, -0.15) is 0 Å². The first-order chi connectivity index (χ1) is 33.0. The van der Waals surface area contributed by atoms with Gasteiger partial charge in [0.1, 0.15) is 0 Å². The van der Waals surface area contributed by atoms with Crippen molar-refractivity contribution < 1.29 is 20.1 Å². The third-order valence-corrected chi connectivity index (χ3v) is 14.8. The van der Waals surface area contributed by atoms with Crippen molar-refractivity contribution in [3.8, 4) is 0 Å². The Labute approximate surface area is 420 Å². The summed E-state index contributed by atoms with van der Waals surface area (Å²) >= 11 is 0. The standard InChI is InChI=1S/C62H123NO4/c1-3-5-7-9-11-13-15-17-19-21-23-25-27-29-30-31-32-33-35-37-39-41-43-45-47-49-51-53-55-59(65)57-62(67)63-60(58-64)61(66)56-54-52-50-48-46-44-42-40-38-36-34-28-26-24-22-20-18-16-14-12-10-8-6-4-2/h29-30,59-61,64-66H,3-28,31-58H2,1-2H3,(H,63,67)/b30-29-. The van der Waals surface area contributed by atoms with Crippen molar-refractivity contribution in [2.45, 2.75) is 372 Å². The van der Waals surface area contributed by atoms with Crippen LogP contribution in [0.5, 0.6) is 0 Å². The summed E-state index contributed by atoms with van der Waals surface area (Å²) in [6.45, 7) is 4.31. The molecule has 0 rings (SSSR count). The van der Waals surface area contributed by atoms with E-state index in [0.717, 1.165) is 25.7 Å². The van der Waals surface area contributed by atoms with E-state index in [1.54, 1.807) is 0 Å². The molecule has 0 aromatic heterocycles. The molecule has 0 heterocycles. The minimum absolute atomic E-state index is 0.0406. The highest BCUT2D eigenvalue weighted by atomic mass is 16.3. The predicted molar refractivity (Wildman–Crippen MR) is 296 cm³/mol. The first-order valence-electron chi connectivity index (χ1n) is 31.0. The Hall–Kier alpha value is -0.910. The number of aliphatic hydroxyl groups excluding tert-OH is 3. The Bertz CT molecular complexity index is 956. The molecule has 3 atom stereocenters. The second kappa shape index (κ2) is 57.7. The zero-order valence-electron chi connectivity index (χ0n) is 45.8. The van der Waals surface area contributed by atoms with Crippen molar-refractivity contribution >= 4 is 5.91 Å². The number of carbonyl (C=O) groups is 1. The highest BCUT2D eigenvalue weighted by molar-refractivity contribution is 5.76. The number of aliphatic hydroxyl groups is 3. The van der Waals surface area contributed by atoms with Crippen LogP contribution < -0.4 is 5.32 Å². The van der Waals surface area contributed by atoms with E-state index >= 15 is 0 Å². The molecule has 0 aliphatic heterocycles. The number of hydrogen-bond donors (Lipinski definition) is 4. The molecule has 0 spiro atoms. The van der Waals surface area contributed by atoms with E-state index in [2.05, 4.69) is 31.3 Å². The third kappa shape index (κ3) is 54.3. The van der Waals surface area contributed by atoms with Crippen molar-refractivity contribution in [2.75, 3.05) is 6.61 Å². The van der Waals surface area contributed by atoms with Gasteiger partial charge in [-0.15, -0.1) is 0 Å². The normalized spacial score (nSPS) is 13.2. The van der Waals surface area contributed by atoms with E-state index in [1.807, 2.05) is 0 Å². The van der Waals surface area contributed by atoms with Crippen LogP contribution >= 0.6 is 0 Å². The minimum atomic E-state index is -0.748. The number of amides is 1. The Balaban J connectivity index is 3.48. The monoisotopic (exact) mass is 946 g/mol. The summed E-state index contributed by atoms with van der Waals surface area (Å²) in [7, 11) is 0. The highest BCUT2D eigenvalue weighted by Gasteiger charge is 2.21. The summed E-state index contributed by atoms with van der Waals surface area (Å²) in [5.74, 6) is -0.276. The topological polar surface area (TPSA) is 89.8 Å². The van der Waals surface area contributed by atoms with Gasteiger partial charge in [0.15, 0.2) is 0 Å². The van der Waals surface area contributed by atoms with Gasteiger partial charge in [0.05, 0.1) is 31.3 Å². The number of nitrogens with one attached hydrogen (secondary N) is 1. The van der Waals surface area contributed by atoms with Crippen LogP contribution in [0.4, 0.5) is 0 Å². The van der Waals surface area contributed by atoms with Crippen molar-refractivity contribution in [1.82, 2.24) is 5.32 Å². The second-order valence-corrected chi connectivity index (χ2v) is 21.7. The van der Waals surface area contributed by atoms with Crippen molar-refractivity contribution in [1.29, 1.82) is 0 Å². The van der Waals surface area contributed by atoms with Gasteiger partial charge < -0.3 is 20.6 Å². The van der Waals surface area contributed by atoms with Crippen molar-refractivity contribution in [3.63, 3.8) is 0 Å². The Morgan fingerprint density at radius 3 is 0.866 bits per heavy atom. The van der Waals surface area contributed by atoms with Crippen LogP contribution in [-0.2, 0) is 4.79 Å². The van der Waals surface area contributed by atoms with Gasteiger partial charge in [-0.3, -0.25) is 4.79 Å². The van der Waals surface area contributed by atoms with Crippen LogP contribution in [0.25, 0.3) is 0 Å². The van der Waals surface area contributed by atoms with Gasteiger partial charge in [0, 0.05) is 0 Å². The molecule has 1 amide bonds. The maximum atomic E-state index is 12.6. The summed E-state index contributed by atoms with van der Waals surface area (Å²) in [4.78, 5) is 12.6. The average molecular weight is 947 g/mol. The molecule has 3 unspecified atom stereocenters. The largest absolute Gasteiger partial charge is 0.394 e. The number of unbranched alkanes of at least 4 members (excludes halogenated alkanes) is 47. The lowest BCUT2D eigenvalue weighted by atomic mass is 10.0. The van der Waals surface area contributed by atoms with E-state index in [-0.39, 0.29) is 18.9 Å². The van der Waals surface area contributed by atoms with Gasteiger partial charge >= 0.3 is 0 Å². The SMILES string of the molecule is CCCCCCCCCCCCCC/C=C\CCCCCCCCCCCCCCC(O)CC(=O)NC(CO)C(O)CCCCCCCCCCCCCCCCCCCCCCCCCC. The Morgan fingerprint density at radius 2 is 0.597 bits per heavy atom. The molecular weight excluding hydrogens is 823 g/mol. The molecule has 0 aromatic rings. The number of carbonyl (C=O) groups excluding carboxylic acids is 1. The lowest BCUT2D eigenvalue weighted by molar-refractivity contribution is -0.125. The summed E-state index contributed by atoms with van der Waals surface area (Å²) in [5, 5.41) is 33.7. The maximum absolute atomic E-state index is 12.6. The van der Waals surface area contributed by atoms with E-state index in [4.69, 9.17) is 0 Å². The summed E-state index contributed by atoms with van der Waals surface area (Å²) in [6.07, 6.45) is 72.5. The molecule has 5 heteroatoms. The molecule has 0 saturated heterocycles. The van der Waals surface area contributed by atoms with Crippen molar-refractivity contribution in [2.24, 2.45) is 0 Å². The Morgan fingerprint density at radius 1 is 0.358 bits per heavy atom. The molecule has 400 valence electrons. The maximum Gasteiger partial charge on any atom is 0.222 e. The number of allylic oxidation sites excluding steroid dienone is 2. The van der Waals surface area contributed by atoms with Crippen LogP contribution in [0.2, 0.25) is 0 Å². The van der Waals surface area contributed by atoms with Gasteiger partial charge in [-0.25, -0.2) is 0 Å². The quantitative estimate of drug-likeness (QED) is 0.0361. The smallest absolute Gasteiger partial charge is 0.222 e. The van der Waals surface area contributed by atoms with Gasteiger partial charge in [0.25, 0.3) is 0 Å². The average Bonchev–Trinajstić information content (AvgIpc) is 3.32. The van der Waals surface area contributed by atoms with Gasteiger partial charge in [-0.05, 0) is 38.5 Å². The fourth-order valence-electron chi connectivity index (χ4n) is 10.1. The highest BCUT2D eigenvalue weighted by Crippen LogP contribution is 2.19. The van der Waals surface area contributed by atoms with Crippen LogP contribution in [0.1, 0.15) is 354 Å². The predicted octanol–water partition coefficient (Wildman–Crippen LogP) is 19.5. The lowest BCUT2D eigenvalue weighted by Gasteiger charge is -2.23. The first kappa shape index (κ1) is 66.1. The molecule has 0 bridgehead atoms. The molecule has 0 saturated carbocycles. The lowest BCUT2D eigenvalue weighted by Crippen LogP contribution is -2.46. The van der Waals surface area contributed by atoms with Crippen LogP contribution in [0.3, 0.4) is 0 Å². The molecule has 0 aliphatic carbocycles. The third-order valence-electron chi connectivity index (χ3n) is 14.8. The molecule has 5 nitrogen and oxygen atoms in total. The van der Waals surface area contributed by atoms with Gasteiger partial charge in [-0.1, -0.05) is 321 Å². The first-order valence-corrected chi connectivity index (χ1v) is 31.0. The van der Waals surface area contributed by atoms with E-state index in [1.165, 1.54) is 295 Å². The van der Waals surface area contributed by atoms with Crippen molar-refractivity contribution in [3.05, 3.63) is 12.2 Å². The Kier molecular flexibility index (Phi) is 56.9. The second-order valence-electron chi connectivity index (χ2n) is 21.7. The zero-order chi connectivity index (χ0) is 48.6. The minimum Gasteiger partial charge on any atom is -0.394 e. The molecule has 67 heavy (non-hydrogen) atoms. The fraction of sp³-hybridized carbons (Fsp3) is 0.952. The summed E-state index contributed by atoms with van der Waals surface area (Å²) in [6, 6.07) is -0.657. The summed E-state index contributed by atoms with van der Waals surface area (Å²) in [5.41, 5.74) is 0.